The summed E-state index contributed by atoms with van der Waals surface area (Å²) in [5.74, 6) is 1.56. The van der Waals surface area contributed by atoms with Crippen LogP contribution < -0.4 is 15.1 Å². The molecular formula is C27H31FN4O2. The van der Waals surface area contributed by atoms with Gasteiger partial charge in [-0.25, -0.2) is 9.37 Å². The summed E-state index contributed by atoms with van der Waals surface area (Å²) < 4.78 is 21.3. The molecule has 4 aliphatic carbocycles. The highest BCUT2D eigenvalue weighted by atomic mass is 19.1. The van der Waals surface area contributed by atoms with E-state index < -0.39 is 11.1 Å². The van der Waals surface area contributed by atoms with E-state index in [2.05, 4.69) is 33.4 Å². The number of carbonyl (C=O) groups excluding carboxylic acids is 1. The van der Waals surface area contributed by atoms with E-state index in [0.29, 0.717) is 50.9 Å². The molecule has 2 unspecified atom stereocenters. The molecule has 1 saturated heterocycles. The Balaban J connectivity index is 1.31. The highest BCUT2D eigenvalue weighted by Crippen LogP contribution is 2.63. The van der Waals surface area contributed by atoms with Gasteiger partial charge < -0.3 is 19.9 Å². The first-order valence-corrected chi connectivity index (χ1v) is 12.7. The third-order valence-corrected chi connectivity index (χ3v) is 8.81. The minimum Gasteiger partial charge on any atom is -0.378 e. The van der Waals surface area contributed by atoms with Gasteiger partial charge in [0.25, 0.3) is 0 Å². The van der Waals surface area contributed by atoms with Crippen molar-refractivity contribution in [2.75, 3.05) is 41.4 Å². The molecule has 7 heteroatoms. The maximum atomic E-state index is 15.8. The molecular weight excluding hydrogens is 431 g/mol. The van der Waals surface area contributed by atoms with E-state index in [9.17, 15) is 4.79 Å². The first kappa shape index (κ1) is 20.7. The molecule has 8 rings (SSSR count). The molecule has 3 heterocycles. The monoisotopic (exact) mass is 462 g/mol. The summed E-state index contributed by atoms with van der Waals surface area (Å²) in [4.78, 5) is 23.3. The second-order valence-corrected chi connectivity index (χ2v) is 11.2. The number of nitrogens with one attached hydrogen (secondary N) is 1. The number of fused-ring (bicyclic) bond motifs is 2. The molecule has 4 saturated carbocycles. The maximum absolute atomic E-state index is 15.8. The summed E-state index contributed by atoms with van der Waals surface area (Å²) in [5.41, 5.74) is 2.07. The number of nitrogens with zero attached hydrogens (tertiary/aromatic N) is 3. The Hall–Kier alpha value is -2.67. The predicted octanol–water partition coefficient (Wildman–Crippen LogP) is 4.82. The van der Waals surface area contributed by atoms with Gasteiger partial charge >= 0.3 is 0 Å². The second kappa shape index (κ2) is 7.41. The normalized spacial score (nSPS) is 33.7. The standard InChI is InChI=1S/C27H31FN4O2/c28-27-14-18-10-19(15-27)13-26(12-18,17-27)25(33)32-16-20-2-1-5-29-24(20)30-22-4-3-21(11-23(22)32)31-6-8-34-9-7-31/h1-5,11,18-19H,6-10,12-17H2,(H,29,30). The van der Waals surface area contributed by atoms with Crippen molar-refractivity contribution < 1.29 is 13.9 Å². The fraction of sp³-hybridized carbons (Fsp3) is 0.556. The lowest BCUT2D eigenvalue weighted by Crippen LogP contribution is -2.59. The van der Waals surface area contributed by atoms with E-state index in [0.717, 1.165) is 60.8 Å². The van der Waals surface area contributed by atoms with Gasteiger partial charge in [0.2, 0.25) is 5.91 Å². The van der Waals surface area contributed by atoms with Crippen molar-refractivity contribution in [3.05, 3.63) is 42.1 Å². The minimum absolute atomic E-state index is 0.0995. The van der Waals surface area contributed by atoms with Crippen molar-refractivity contribution in [2.45, 2.75) is 50.7 Å². The topological polar surface area (TPSA) is 57.7 Å². The molecule has 178 valence electrons. The summed E-state index contributed by atoms with van der Waals surface area (Å²) in [7, 11) is 0. The van der Waals surface area contributed by atoms with Gasteiger partial charge in [0, 0.05) is 30.5 Å². The van der Waals surface area contributed by atoms with E-state index in [1.807, 2.05) is 17.0 Å². The molecule has 6 nitrogen and oxygen atoms in total. The molecule has 2 aromatic rings. The molecule has 1 aromatic heterocycles. The molecule has 2 atom stereocenters. The van der Waals surface area contributed by atoms with Crippen LogP contribution in [0.4, 0.5) is 27.3 Å². The minimum atomic E-state index is -1.16. The predicted molar refractivity (Wildman–Crippen MR) is 129 cm³/mol. The number of ether oxygens (including phenoxy) is 1. The number of anilines is 4. The first-order valence-electron chi connectivity index (χ1n) is 12.7. The Morgan fingerprint density at radius 1 is 1.12 bits per heavy atom. The number of carbonyl (C=O) groups is 1. The van der Waals surface area contributed by atoms with Crippen LogP contribution in [0.15, 0.2) is 36.5 Å². The summed E-state index contributed by atoms with van der Waals surface area (Å²) in [6, 6.07) is 10.2. The molecule has 0 radical (unpaired) electrons. The third-order valence-electron chi connectivity index (χ3n) is 8.81. The Labute approximate surface area is 199 Å². The second-order valence-electron chi connectivity index (χ2n) is 11.2. The van der Waals surface area contributed by atoms with Crippen LogP contribution in [0.3, 0.4) is 0 Å². The van der Waals surface area contributed by atoms with E-state index in [1.54, 1.807) is 6.20 Å². The Morgan fingerprint density at radius 2 is 1.91 bits per heavy atom. The Bertz CT molecular complexity index is 1130. The average molecular weight is 463 g/mol. The van der Waals surface area contributed by atoms with Crippen molar-refractivity contribution in [1.82, 2.24) is 4.98 Å². The van der Waals surface area contributed by atoms with Crippen LogP contribution in [0.1, 0.15) is 44.1 Å². The molecule has 1 amide bonds. The lowest BCUT2D eigenvalue weighted by atomic mass is 9.48. The number of aromatic nitrogens is 1. The van der Waals surface area contributed by atoms with Crippen LogP contribution in [-0.2, 0) is 16.1 Å². The molecule has 0 spiro atoms. The van der Waals surface area contributed by atoms with Gasteiger partial charge in [0.05, 0.1) is 36.5 Å². The SMILES string of the molecule is O=C(N1Cc2cccnc2Nc2ccc(N3CCOCC3)cc21)C12CC3CC(CC(F)(C3)C1)C2. The number of rotatable bonds is 2. The number of hydrogen-bond donors (Lipinski definition) is 1. The van der Waals surface area contributed by atoms with Gasteiger partial charge in [-0.3, -0.25) is 4.79 Å². The van der Waals surface area contributed by atoms with Crippen LogP contribution in [0.2, 0.25) is 0 Å². The van der Waals surface area contributed by atoms with Crippen LogP contribution in [0.5, 0.6) is 0 Å². The van der Waals surface area contributed by atoms with Crippen molar-refractivity contribution in [2.24, 2.45) is 17.3 Å². The summed E-state index contributed by atoms with van der Waals surface area (Å²) in [5, 5.41) is 3.48. The van der Waals surface area contributed by atoms with Gasteiger partial charge in [-0.15, -0.1) is 0 Å². The Morgan fingerprint density at radius 3 is 2.68 bits per heavy atom. The molecule has 4 bridgehead atoms. The van der Waals surface area contributed by atoms with Gasteiger partial charge in [0.1, 0.15) is 11.5 Å². The highest BCUT2D eigenvalue weighted by Gasteiger charge is 2.62. The van der Waals surface area contributed by atoms with Gasteiger partial charge in [-0.05, 0) is 74.6 Å². The number of alkyl halides is 1. The van der Waals surface area contributed by atoms with E-state index in [4.69, 9.17) is 4.74 Å². The molecule has 1 aromatic carbocycles. The molecule has 34 heavy (non-hydrogen) atoms. The molecule has 1 N–H and O–H groups in total. The van der Waals surface area contributed by atoms with Crippen molar-refractivity contribution >= 4 is 28.8 Å². The van der Waals surface area contributed by atoms with Gasteiger partial charge in [-0.2, -0.15) is 0 Å². The van der Waals surface area contributed by atoms with E-state index in [1.165, 1.54) is 0 Å². The fourth-order valence-corrected chi connectivity index (χ4v) is 7.80. The largest absolute Gasteiger partial charge is 0.378 e. The first-order chi connectivity index (χ1) is 16.5. The van der Waals surface area contributed by atoms with Crippen LogP contribution in [-0.4, -0.2) is 42.9 Å². The van der Waals surface area contributed by atoms with E-state index >= 15 is 4.39 Å². The zero-order valence-electron chi connectivity index (χ0n) is 19.4. The Kier molecular flexibility index (Phi) is 4.51. The number of hydrogen-bond acceptors (Lipinski definition) is 5. The van der Waals surface area contributed by atoms with Crippen molar-refractivity contribution in [1.29, 1.82) is 0 Å². The van der Waals surface area contributed by atoms with Crippen molar-refractivity contribution in [3.63, 3.8) is 0 Å². The van der Waals surface area contributed by atoms with Crippen LogP contribution in [0.25, 0.3) is 0 Å². The van der Waals surface area contributed by atoms with Crippen LogP contribution >= 0.6 is 0 Å². The fourth-order valence-electron chi connectivity index (χ4n) is 7.80. The third kappa shape index (κ3) is 3.23. The summed E-state index contributed by atoms with van der Waals surface area (Å²) in [6.45, 7) is 3.53. The number of pyridine rings is 1. The van der Waals surface area contributed by atoms with Crippen molar-refractivity contribution in [3.8, 4) is 0 Å². The number of morpholine rings is 1. The number of benzene rings is 1. The summed E-state index contributed by atoms with van der Waals surface area (Å²) >= 11 is 0. The van der Waals surface area contributed by atoms with Gasteiger partial charge in [-0.1, -0.05) is 6.07 Å². The average Bonchev–Trinajstić information content (AvgIpc) is 2.99. The molecule has 6 aliphatic rings. The number of amides is 1. The van der Waals surface area contributed by atoms with Crippen LogP contribution in [0, 0.1) is 17.3 Å². The van der Waals surface area contributed by atoms with E-state index in [-0.39, 0.29) is 5.91 Å². The molecule has 5 fully saturated rings. The highest BCUT2D eigenvalue weighted by molar-refractivity contribution is 6.02. The van der Waals surface area contributed by atoms with Gasteiger partial charge in [0.15, 0.2) is 0 Å². The quantitative estimate of drug-likeness (QED) is 0.694. The zero-order chi connectivity index (χ0) is 22.9. The lowest BCUT2D eigenvalue weighted by molar-refractivity contribution is -0.158. The molecule has 2 aliphatic heterocycles. The zero-order valence-corrected chi connectivity index (χ0v) is 19.4. The summed E-state index contributed by atoms with van der Waals surface area (Å²) in [6.07, 6.45) is 6.19. The smallest absolute Gasteiger partial charge is 0.233 e. The maximum Gasteiger partial charge on any atom is 0.233 e. The number of halogens is 1. The lowest BCUT2D eigenvalue weighted by Gasteiger charge is -2.58.